The van der Waals surface area contributed by atoms with Crippen LogP contribution in [0.25, 0.3) is 0 Å². The second-order valence-electron chi connectivity index (χ2n) is 7.93. The molecule has 2 aromatic rings. The van der Waals surface area contributed by atoms with Crippen molar-refractivity contribution in [3.05, 3.63) is 17.1 Å². The smallest absolute Gasteiger partial charge is 0.352 e. The third-order valence-corrected chi connectivity index (χ3v) is 7.90. The second-order valence-corrected chi connectivity index (χ2v) is 10.8. The van der Waals surface area contributed by atoms with Gasteiger partial charge in [0.15, 0.2) is 5.13 Å². The van der Waals surface area contributed by atoms with E-state index < -0.39 is 29.2 Å². The minimum absolute atomic E-state index is 0.0389. The number of nitrogens with two attached hydrogens (primary N) is 2. The second kappa shape index (κ2) is 11.4. The van der Waals surface area contributed by atoms with E-state index in [1.807, 2.05) is 0 Å². The Hall–Kier alpha value is -3.29. The Morgan fingerprint density at radius 2 is 2.19 bits per heavy atom. The summed E-state index contributed by atoms with van der Waals surface area (Å²) in [4.78, 5) is 48.5. The van der Waals surface area contributed by atoms with Gasteiger partial charge in [-0.05, 0) is 29.8 Å². The molecule has 0 aliphatic carbocycles. The Morgan fingerprint density at radius 3 is 2.84 bits per heavy atom. The molecule has 1 unspecified atom stereocenters. The number of aromatic nitrogens is 6. The van der Waals surface area contributed by atoms with Crippen LogP contribution in [0.3, 0.4) is 0 Å². The lowest BCUT2D eigenvalue weighted by Gasteiger charge is -2.49. The number of hydrogen-bond acceptors (Lipinski definition) is 15. The number of carbonyl (C=O) groups excluding carboxylic acids is 2. The van der Waals surface area contributed by atoms with Gasteiger partial charge < -0.3 is 26.7 Å². The molecule has 1 fully saturated rings. The van der Waals surface area contributed by atoms with Gasteiger partial charge in [0.2, 0.25) is 16.7 Å². The molecule has 2 aliphatic heterocycles. The first kappa shape index (κ1) is 26.8. The maximum Gasteiger partial charge on any atom is 0.352 e. The van der Waals surface area contributed by atoms with Crippen molar-refractivity contribution in [2.75, 3.05) is 23.8 Å². The Labute approximate surface area is 222 Å². The van der Waals surface area contributed by atoms with Crippen LogP contribution in [0.15, 0.2) is 21.6 Å². The topological polar surface area (TPSA) is 230 Å². The number of thioether (sulfide) groups is 2. The molecule has 0 bridgehead atoms. The van der Waals surface area contributed by atoms with Gasteiger partial charge in [0.05, 0.1) is 6.54 Å². The zero-order valence-electron chi connectivity index (χ0n) is 19.6. The summed E-state index contributed by atoms with van der Waals surface area (Å²) in [5, 5.41) is 27.7. The largest absolute Gasteiger partial charge is 0.477 e. The Bertz CT molecular complexity index is 1260. The number of tetrazole rings is 1. The normalized spacial score (nSPS) is 19.6. The highest BCUT2D eigenvalue weighted by atomic mass is 32.2. The summed E-state index contributed by atoms with van der Waals surface area (Å²) in [6.45, 7) is 4.21. The van der Waals surface area contributed by atoms with E-state index in [9.17, 15) is 19.5 Å². The number of amides is 2. The van der Waals surface area contributed by atoms with Crippen molar-refractivity contribution in [1.29, 1.82) is 0 Å². The lowest BCUT2D eigenvalue weighted by molar-refractivity contribution is -0.150. The summed E-state index contributed by atoms with van der Waals surface area (Å²) in [7, 11) is 0. The zero-order valence-corrected chi connectivity index (χ0v) is 22.0. The molecule has 4 rings (SSSR count). The third kappa shape index (κ3) is 5.68. The fourth-order valence-electron chi connectivity index (χ4n) is 3.39. The van der Waals surface area contributed by atoms with Crippen LogP contribution in [0.1, 0.15) is 19.7 Å². The molecular formula is C18H23N11O5S3. The van der Waals surface area contributed by atoms with E-state index in [0.717, 1.165) is 11.5 Å². The van der Waals surface area contributed by atoms with Gasteiger partial charge in [-0.1, -0.05) is 16.9 Å². The first-order valence-electron chi connectivity index (χ1n) is 10.8. The van der Waals surface area contributed by atoms with Crippen molar-refractivity contribution in [3.63, 3.8) is 0 Å². The minimum atomic E-state index is -1.24. The number of anilines is 1. The standard InChI is InChI=1S/C18H23N11O5S3/c1-7(2)34-24-9(12-22-17(20)37-25-12)13(30)21-10-14(31)29-11(16(32)33)8(5-35-15(10)29)6-36-18-23-26-27-28(18)4-3-19/h7,10,15H,3-6,19H2,1-2H3,(H,21,30)(H,32,33)(H2,20,22,25)/b24-9-/t10?,15-/m1/s1. The van der Waals surface area contributed by atoms with Crippen LogP contribution >= 0.6 is 35.1 Å². The van der Waals surface area contributed by atoms with E-state index in [0.29, 0.717) is 29.6 Å². The number of nitrogens with zero attached hydrogens (tertiary/aromatic N) is 8. The summed E-state index contributed by atoms with van der Waals surface area (Å²) >= 11 is 3.46. The molecule has 0 radical (unpaired) electrons. The molecule has 6 N–H and O–H groups in total. The molecule has 2 atom stereocenters. The maximum atomic E-state index is 13.0. The van der Waals surface area contributed by atoms with E-state index in [4.69, 9.17) is 16.3 Å². The molecule has 0 aromatic carbocycles. The summed E-state index contributed by atoms with van der Waals surface area (Å²) < 4.78 is 5.52. The third-order valence-electron chi connectivity index (χ3n) is 4.98. The van der Waals surface area contributed by atoms with Crippen LogP contribution in [0.5, 0.6) is 0 Å². The Balaban J connectivity index is 1.49. The number of hydrogen-bond donors (Lipinski definition) is 4. The van der Waals surface area contributed by atoms with Gasteiger partial charge in [0.1, 0.15) is 23.2 Å². The van der Waals surface area contributed by atoms with E-state index in [1.54, 1.807) is 13.8 Å². The quantitative estimate of drug-likeness (QED) is 0.107. The van der Waals surface area contributed by atoms with Gasteiger partial charge in [-0.2, -0.15) is 9.36 Å². The number of nitrogen functional groups attached to an aromatic ring is 1. The average molecular weight is 570 g/mol. The SMILES string of the molecule is CC(C)O/N=C(\C(=O)NC1C(=O)N2C(C(=O)O)=C(CSc3nnnn3CCN)CS[C@H]12)c1nsc(N)n1. The van der Waals surface area contributed by atoms with Crippen molar-refractivity contribution in [1.82, 2.24) is 39.8 Å². The Kier molecular flexibility index (Phi) is 8.25. The number of carbonyl (C=O) groups is 3. The van der Waals surface area contributed by atoms with Gasteiger partial charge in [-0.3, -0.25) is 14.5 Å². The highest BCUT2D eigenvalue weighted by molar-refractivity contribution is 8.01. The summed E-state index contributed by atoms with van der Waals surface area (Å²) in [6.07, 6.45) is -0.326. The van der Waals surface area contributed by atoms with Gasteiger partial charge in [-0.15, -0.1) is 16.9 Å². The van der Waals surface area contributed by atoms with Crippen LogP contribution in [0.4, 0.5) is 5.13 Å². The lowest BCUT2D eigenvalue weighted by Crippen LogP contribution is -2.71. The van der Waals surface area contributed by atoms with Crippen LogP contribution in [0, 0.1) is 0 Å². The lowest BCUT2D eigenvalue weighted by atomic mass is 10.0. The monoisotopic (exact) mass is 569 g/mol. The molecule has 19 heteroatoms. The van der Waals surface area contributed by atoms with E-state index in [1.165, 1.54) is 33.1 Å². The van der Waals surface area contributed by atoms with Crippen molar-refractivity contribution < 1.29 is 24.3 Å². The highest BCUT2D eigenvalue weighted by Crippen LogP contribution is 2.41. The highest BCUT2D eigenvalue weighted by Gasteiger charge is 2.54. The minimum Gasteiger partial charge on any atom is -0.477 e. The summed E-state index contributed by atoms with van der Waals surface area (Å²) in [5.41, 5.74) is 11.4. The molecule has 16 nitrogen and oxygen atoms in total. The van der Waals surface area contributed by atoms with E-state index in [2.05, 4.69) is 35.4 Å². The van der Waals surface area contributed by atoms with Gasteiger partial charge in [0, 0.05) is 29.6 Å². The van der Waals surface area contributed by atoms with Gasteiger partial charge in [-0.25, -0.2) is 9.48 Å². The van der Waals surface area contributed by atoms with Crippen LogP contribution in [0.2, 0.25) is 0 Å². The predicted molar refractivity (Wildman–Crippen MR) is 134 cm³/mol. The number of β-lactam (4-membered cyclic amide) rings is 1. The van der Waals surface area contributed by atoms with Crippen molar-refractivity contribution in [3.8, 4) is 0 Å². The number of rotatable bonds is 11. The molecule has 37 heavy (non-hydrogen) atoms. The molecule has 2 amide bonds. The van der Waals surface area contributed by atoms with Crippen molar-refractivity contribution in [2.45, 2.75) is 43.1 Å². The summed E-state index contributed by atoms with van der Waals surface area (Å²) in [5.74, 6) is -2.00. The van der Waals surface area contributed by atoms with Crippen LogP contribution in [-0.4, -0.2) is 98.6 Å². The molecule has 2 aliphatic rings. The number of fused-ring (bicyclic) bond motifs is 1. The van der Waals surface area contributed by atoms with Crippen LogP contribution < -0.4 is 16.8 Å². The first-order chi connectivity index (χ1) is 17.7. The van der Waals surface area contributed by atoms with E-state index in [-0.39, 0.29) is 34.2 Å². The van der Waals surface area contributed by atoms with Gasteiger partial charge >= 0.3 is 5.97 Å². The van der Waals surface area contributed by atoms with Crippen molar-refractivity contribution in [2.24, 2.45) is 10.9 Å². The van der Waals surface area contributed by atoms with E-state index >= 15 is 0 Å². The molecule has 0 spiro atoms. The number of carboxylic acid groups (broad SMARTS) is 1. The predicted octanol–water partition coefficient (Wildman–Crippen LogP) is -1.27. The zero-order chi connectivity index (χ0) is 26.7. The van der Waals surface area contributed by atoms with Gasteiger partial charge in [0.25, 0.3) is 11.8 Å². The fraction of sp³-hybridized carbons (Fsp3) is 0.500. The molecule has 4 heterocycles. The summed E-state index contributed by atoms with van der Waals surface area (Å²) in [6, 6.07) is -0.974. The number of aliphatic carboxylic acids is 1. The molecule has 2 aromatic heterocycles. The number of carboxylic acids is 1. The number of oxime groups is 1. The molecule has 1 saturated heterocycles. The Morgan fingerprint density at radius 1 is 1.41 bits per heavy atom. The average Bonchev–Trinajstić information content (AvgIpc) is 3.49. The molecule has 198 valence electrons. The first-order valence-corrected chi connectivity index (χ1v) is 13.6. The number of nitrogens with one attached hydrogen (secondary N) is 1. The molecule has 0 saturated carbocycles. The maximum absolute atomic E-state index is 13.0. The van der Waals surface area contributed by atoms with Crippen molar-refractivity contribution >= 4 is 63.7 Å². The fourth-order valence-corrected chi connectivity index (χ4v) is 6.21. The van der Waals surface area contributed by atoms with Crippen LogP contribution in [-0.2, 0) is 25.8 Å². The molecular weight excluding hydrogens is 546 g/mol.